The molecule has 5 rings (SSSR count). The minimum atomic E-state index is -1.02. The zero-order chi connectivity index (χ0) is 24.5. The third-order valence-corrected chi connectivity index (χ3v) is 7.36. The summed E-state index contributed by atoms with van der Waals surface area (Å²) in [6, 6.07) is 15.9. The fourth-order valence-corrected chi connectivity index (χ4v) is 5.40. The van der Waals surface area contributed by atoms with Crippen LogP contribution in [0.4, 0.5) is 4.79 Å². The average molecular weight is 479 g/mol. The number of carbonyl (C=O) groups excluding carboxylic acids is 2. The largest absolute Gasteiger partial charge is 0.481 e. The van der Waals surface area contributed by atoms with Gasteiger partial charge in [-0.3, -0.25) is 9.59 Å². The zero-order valence-corrected chi connectivity index (χ0v) is 19.4. The number of aliphatic carboxylic acids is 1. The van der Waals surface area contributed by atoms with Crippen molar-refractivity contribution in [2.75, 3.05) is 19.7 Å². The predicted octanol–water partition coefficient (Wildman–Crippen LogP) is 2.99. The Morgan fingerprint density at radius 2 is 1.63 bits per heavy atom. The maximum atomic E-state index is 12.9. The number of ether oxygens (including phenoxy) is 1. The molecule has 1 saturated carbocycles. The normalized spacial score (nSPS) is 22.1. The summed E-state index contributed by atoms with van der Waals surface area (Å²) in [5, 5.41) is 22.2. The number of aliphatic hydroxyl groups excluding tert-OH is 1. The number of piperidine rings is 1. The van der Waals surface area contributed by atoms with Gasteiger partial charge in [0.2, 0.25) is 5.91 Å². The van der Waals surface area contributed by atoms with Gasteiger partial charge in [0.25, 0.3) is 0 Å². The number of carboxylic acids is 1. The number of β-amino-alcohol motifs (C(OH)–C–C–N with tert-alkyl or cyclic N) is 1. The van der Waals surface area contributed by atoms with Crippen LogP contribution in [0.3, 0.4) is 0 Å². The van der Waals surface area contributed by atoms with Gasteiger partial charge < -0.3 is 25.2 Å². The Balaban J connectivity index is 1.20. The molecule has 0 spiro atoms. The van der Waals surface area contributed by atoms with Crippen molar-refractivity contribution in [1.82, 2.24) is 10.2 Å². The molecule has 8 nitrogen and oxygen atoms in total. The number of fused-ring (bicyclic) bond motifs is 3. The maximum absolute atomic E-state index is 12.9. The highest BCUT2D eigenvalue weighted by molar-refractivity contribution is 5.80. The summed E-state index contributed by atoms with van der Waals surface area (Å²) in [5.41, 5.74) is 4.57. The van der Waals surface area contributed by atoms with E-state index in [1.807, 2.05) is 24.3 Å². The molecule has 0 radical (unpaired) electrons. The number of hydrogen-bond donors (Lipinski definition) is 3. The van der Waals surface area contributed by atoms with Crippen molar-refractivity contribution in [2.24, 2.45) is 11.8 Å². The van der Waals surface area contributed by atoms with Gasteiger partial charge in [0.05, 0.1) is 12.0 Å². The minimum Gasteiger partial charge on any atom is -0.481 e. The SMILES string of the molecule is O=C(NC(CC(=O)N1CC(O)CC(C(=O)O)C1)C1CC1)OCC1c2ccccc2-c2ccccc21. The van der Waals surface area contributed by atoms with Crippen LogP contribution in [0.25, 0.3) is 11.1 Å². The summed E-state index contributed by atoms with van der Waals surface area (Å²) in [6.45, 7) is 0.391. The number of likely N-dealkylation sites (tertiary alicyclic amines) is 1. The molecule has 8 heteroatoms. The highest BCUT2D eigenvalue weighted by Gasteiger charge is 2.38. The molecular formula is C27H30N2O6. The van der Waals surface area contributed by atoms with Gasteiger partial charge in [-0.25, -0.2) is 4.79 Å². The van der Waals surface area contributed by atoms with Crippen molar-refractivity contribution in [3.8, 4) is 11.1 Å². The molecule has 1 saturated heterocycles. The molecule has 3 atom stereocenters. The number of amides is 2. The first-order valence-corrected chi connectivity index (χ1v) is 12.2. The standard InChI is InChI=1S/C27H30N2O6/c30-18-11-17(26(32)33)13-29(14-18)25(31)12-24(16-9-10-16)28-27(34)35-15-23-21-7-3-1-5-19(21)20-6-2-4-8-22(20)23/h1-8,16-18,23-24,30H,9-15H2,(H,28,34)(H,32,33). The molecule has 2 amide bonds. The summed E-state index contributed by atoms with van der Waals surface area (Å²) < 4.78 is 5.65. The number of alkyl carbamates (subject to hydrolysis) is 1. The Morgan fingerprint density at radius 3 is 2.23 bits per heavy atom. The van der Waals surface area contributed by atoms with E-state index in [0.29, 0.717) is 0 Å². The van der Waals surface area contributed by atoms with Gasteiger partial charge in [-0.05, 0) is 47.4 Å². The van der Waals surface area contributed by atoms with Crippen LogP contribution in [-0.2, 0) is 14.3 Å². The lowest BCUT2D eigenvalue weighted by atomic mass is 9.95. The number of rotatable bonds is 7. The van der Waals surface area contributed by atoms with Crippen LogP contribution in [-0.4, -0.2) is 64.9 Å². The third-order valence-electron chi connectivity index (χ3n) is 7.36. The van der Waals surface area contributed by atoms with Gasteiger partial charge >= 0.3 is 12.1 Å². The Labute approximate surface area is 203 Å². The first-order valence-electron chi connectivity index (χ1n) is 12.2. The average Bonchev–Trinajstić information content (AvgIpc) is 3.65. The molecule has 3 aliphatic rings. The van der Waals surface area contributed by atoms with Gasteiger partial charge in [0.1, 0.15) is 6.61 Å². The van der Waals surface area contributed by atoms with E-state index >= 15 is 0 Å². The highest BCUT2D eigenvalue weighted by Crippen LogP contribution is 2.44. The molecule has 2 aromatic rings. The van der Waals surface area contributed by atoms with Crippen molar-refractivity contribution >= 4 is 18.0 Å². The van der Waals surface area contributed by atoms with Crippen LogP contribution in [0.5, 0.6) is 0 Å². The van der Waals surface area contributed by atoms with E-state index < -0.39 is 24.1 Å². The predicted molar refractivity (Wildman–Crippen MR) is 128 cm³/mol. The van der Waals surface area contributed by atoms with Crippen LogP contribution in [0.1, 0.15) is 42.7 Å². The maximum Gasteiger partial charge on any atom is 0.407 e. The van der Waals surface area contributed by atoms with Gasteiger partial charge in [0, 0.05) is 31.5 Å². The summed E-state index contributed by atoms with van der Waals surface area (Å²) in [4.78, 5) is 38.4. The molecule has 1 heterocycles. The fourth-order valence-electron chi connectivity index (χ4n) is 5.40. The molecule has 2 aliphatic carbocycles. The Bertz CT molecular complexity index is 1080. The van der Waals surface area contributed by atoms with E-state index in [1.54, 1.807) is 0 Å². The smallest absolute Gasteiger partial charge is 0.407 e. The van der Waals surface area contributed by atoms with E-state index in [2.05, 4.69) is 29.6 Å². The van der Waals surface area contributed by atoms with Gasteiger partial charge in [-0.1, -0.05) is 48.5 Å². The van der Waals surface area contributed by atoms with Crippen molar-refractivity contribution in [2.45, 2.75) is 43.7 Å². The van der Waals surface area contributed by atoms with Crippen LogP contribution in [0, 0.1) is 11.8 Å². The number of carboxylic acid groups (broad SMARTS) is 1. The highest BCUT2D eigenvalue weighted by atomic mass is 16.5. The number of hydrogen-bond acceptors (Lipinski definition) is 5. The zero-order valence-electron chi connectivity index (χ0n) is 19.4. The van der Waals surface area contributed by atoms with Crippen molar-refractivity contribution in [3.05, 3.63) is 59.7 Å². The number of benzene rings is 2. The van der Waals surface area contributed by atoms with E-state index in [9.17, 15) is 24.6 Å². The third kappa shape index (κ3) is 5.03. The van der Waals surface area contributed by atoms with Crippen LogP contribution < -0.4 is 5.32 Å². The summed E-state index contributed by atoms with van der Waals surface area (Å²) in [5.74, 6) is -1.90. The first kappa shape index (κ1) is 23.4. The fraction of sp³-hybridized carbons (Fsp3) is 0.444. The van der Waals surface area contributed by atoms with Gasteiger partial charge in [0.15, 0.2) is 0 Å². The number of nitrogens with zero attached hydrogens (tertiary/aromatic N) is 1. The second kappa shape index (κ2) is 9.70. The van der Waals surface area contributed by atoms with E-state index in [0.717, 1.165) is 35.1 Å². The molecule has 0 bridgehead atoms. The Kier molecular flexibility index (Phi) is 6.47. The molecule has 3 N–H and O–H groups in total. The molecule has 35 heavy (non-hydrogen) atoms. The quantitative estimate of drug-likeness (QED) is 0.563. The lowest BCUT2D eigenvalue weighted by molar-refractivity contribution is -0.149. The molecule has 184 valence electrons. The Hall–Kier alpha value is -3.39. The van der Waals surface area contributed by atoms with Gasteiger partial charge in [-0.2, -0.15) is 0 Å². The van der Waals surface area contributed by atoms with Crippen LogP contribution in [0.2, 0.25) is 0 Å². The summed E-state index contributed by atoms with van der Waals surface area (Å²) in [6.07, 6.45) is 0.628. The molecule has 2 fully saturated rings. The number of aliphatic hydroxyl groups is 1. The molecule has 3 unspecified atom stereocenters. The lowest BCUT2D eigenvalue weighted by Crippen LogP contribution is -2.50. The van der Waals surface area contributed by atoms with Gasteiger partial charge in [-0.15, -0.1) is 0 Å². The molecular weight excluding hydrogens is 448 g/mol. The molecule has 2 aromatic carbocycles. The van der Waals surface area contributed by atoms with E-state index in [-0.39, 0.29) is 56.3 Å². The van der Waals surface area contributed by atoms with Crippen molar-refractivity contribution in [1.29, 1.82) is 0 Å². The summed E-state index contributed by atoms with van der Waals surface area (Å²) >= 11 is 0. The molecule has 1 aliphatic heterocycles. The first-order chi connectivity index (χ1) is 16.9. The minimum absolute atomic E-state index is 0.0445. The van der Waals surface area contributed by atoms with Crippen LogP contribution >= 0.6 is 0 Å². The lowest BCUT2D eigenvalue weighted by Gasteiger charge is -2.34. The molecule has 0 aromatic heterocycles. The number of nitrogens with one attached hydrogen (secondary N) is 1. The topological polar surface area (TPSA) is 116 Å². The van der Waals surface area contributed by atoms with Crippen LogP contribution in [0.15, 0.2) is 48.5 Å². The van der Waals surface area contributed by atoms with Crippen molar-refractivity contribution < 1.29 is 29.3 Å². The van der Waals surface area contributed by atoms with E-state index in [1.165, 1.54) is 4.90 Å². The van der Waals surface area contributed by atoms with E-state index in [4.69, 9.17) is 4.74 Å². The second-order valence-corrected chi connectivity index (χ2v) is 9.84. The van der Waals surface area contributed by atoms with Crippen molar-refractivity contribution in [3.63, 3.8) is 0 Å². The monoisotopic (exact) mass is 478 g/mol. The summed E-state index contributed by atoms with van der Waals surface area (Å²) in [7, 11) is 0. The number of carbonyl (C=O) groups is 3. The Morgan fingerprint density at radius 1 is 1.00 bits per heavy atom. The second-order valence-electron chi connectivity index (χ2n) is 9.84.